The Hall–Kier alpha value is -1.43. The van der Waals surface area contributed by atoms with E-state index in [0.29, 0.717) is 6.54 Å². The summed E-state index contributed by atoms with van der Waals surface area (Å²) in [5.74, 6) is 0. The third-order valence-electron chi connectivity index (χ3n) is 2.33. The SMILES string of the molecule is Cl.NCc1nn2cc(-c3ccccc3)nc2s1. The molecular weight excluding hydrogens is 256 g/mol. The Labute approximate surface area is 109 Å². The van der Waals surface area contributed by atoms with Crippen molar-refractivity contribution >= 4 is 28.7 Å². The van der Waals surface area contributed by atoms with Crippen LogP contribution in [-0.2, 0) is 6.54 Å². The van der Waals surface area contributed by atoms with E-state index in [1.807, 2.05) is 36.5 Å². The molecule has 0 bridgehead atoms. The fraction of sp³-hybridized carbons (Fsp3) is 0.0909. The highest BCUT2D eigenvalue weighted by atomic mass is 35.5. The standard InChI is InChI=1S/C11H10N4S.ClH/c12-6-10-14-15-7-9(13-11(15)16-10)8-4-2-1-3-5-8;/h1-5,7H,6,12H2;1H. The molecule has 0 saturated heterocycles. The van der Waals surface area contributed by atoms with E-state index in [-0.39, 0.29) is 12.4 Å². The average Bonchev–Trinajstić information content (AvgIpc) is 2.87. The molecule has 0 aliphatic heterocycles. The van der Waals surface area contributed by atoms with Gasteiger partial charge in [-0.05, 0) is 0 Å². The second-order valence-corrected chi connectivity index (χ2v) is 4.46. The number of halogens is 1. The zero-order valence-electron chi connectivity index (χ0n) is 8.91. The van der Waals surface area contributed by atoms with Crippen LogP contribution in [0.4, 0.5) is 0 Å². The van der Waals surface area contributed by atoms with Gasteiger partial charge in [-0.15, -0.1) is 12.4 Å². The van der Waals surface area contributed by atoms with Crippen LogP contribution < -0.4 is 5.73 Å². The number of nitrogens with zero attached hydrogens (tertiary/aromatic N) is 3. The number of benzene rings is 1. The molecule has 0 aliphatic carbocycles. The summed E-state index contributed by atoms with van der Waals surface area (Å²) in [6.45, 7) is 0.467. The van der Waals surface area contributed by atoms with E-state index < -0.39 is 0 Å². The van der Waals surface area contributed by atoms with Crippen LogP contribution in [0.5, 0.6) is 0 Å². The van der Waals surface area contributed by atoms with Crippen molar-refractivity contribution in [3.05, 3.63) is 41.5 Å². The van der Waals surface area contributed by atoms with E-state index in [0.717, 1.165) is 21.2 Å². The molecule has 0 spiro atoms. The van der Waals surface area contributed by atoms with Gasteiger partial charge in [0, 0.05) is 12.1 Å². The van der Waals surface area contributed by atoms with Gasteiger partial charge in [0.25, 0.3) is 0 Å². The Kier molecular flexibility index (Phi) is 3.42. The molecule has 2 N–H and O–H groups in total. The molecular formula is C11H11ClN4S. The summed E-state index contributed by atoms with van der Waals surface area (Å²) in [5, 5.41) is 5.23. The number of hydrogen-bond acceptors (Lipinski definition) is 4. The average molecular weight is 267 g/mol. The molecule has 0 aliphatic rings. The summed E-state index contributed by atoms with van der Waals surface area (Å²) in [6.07, 6.45) is 1.93. The quantitative estimate of drug-likeness (QED) is 0.775. The predicted molar refractivity (Wildman–Crippen MR) is 71.4 cm³/mol. The van der Waals surface area contributed by atoms with Crippen LogP contribution in [0.1, 0.15) is 5.01 Å². The van der Waals surface area contributed by atoms with Crippen molar-refractivity contribution in [2.75, 3.05) is 0 Å². The lowest BCUT2D eigenvalue weighted by Crippen LogP contribution is -1.95. The zero-order chi connectivity index (χ0) is 11.0. The van der Waals surface area contributed by atoms with E-state index in [1.54, 1.807) is 4.52 Å². The Morgan fingerprint density at radius 1 is 1.24 bits per heavy atom. The van der Waals surface area contributed by atoms with Gasteiger partial charge >= 0.3 is 0 Å². The van der Waals surface area contributed by atoms with Crippen LogP contribution in [0.25, 0.3) is 16.2 Å². The molecule has 6 heteroatoms. The van der Waals surface area contributed by atoms with Crippen molar-refractivity contribution in [1.82, 2.24) is 14.6 Å². The fourth-order valence-corrected chi connectivity index (χ4v) is 2.33. The van der Waals surface area contributed by atoms with Gasteiger partial charge in [-0.3, -0.25) is 0 Å². The first-order valence-electron chi connectivity index (χ1n) is 4.97. The molecule has 0 fully saturated rings. The van der Waals surface area contributed by atoms with E-state index in [1.165, 1.54) is 11.3 Å². The van der Waals surface area contributed by atoms with Crippen LogP contribution in [0, 0.1) is 0 Å². The number of nitrogens with two attached hydrogens (primary N) is 1. The summed E-state index contributed by atoms with van der Waals surface area (Å²) in [5.41, 5.74) is 7.58. The molecule has 1 aromatic carbocycles. The molecule has 17 heavy (non-hydrogen) atoms. The van der Waals surface area contributed by atoms with Crippen LogP contribution in [-0.4, -0.2) is 14.6 Å². The lowest BCUT2D eigenvalue weighted by molar-refractivity contribution is 0.897. The molecule has 3 aromatic rings. The first kappa shape index (κ1) is 12.0. The summed E-state index contributed by atoms with van der Waals surface area (Å²) in [7, 11) is 0. The lowest BCUT2D eigenvalue weighted by Gasteiger charge is -1.92. The molecule has 3 rings (SSSR count). The van der Waals surface area contributed by atoms with Crippen molar-refractivity contribution in [2.24, 2.45) is 5.73 Å². The Bertz CT molecular complexity index is 585. The first-order chi connectivity index (χ1) is 7.86. The van der Waals surface area contributed by atoms with Crippen molar-refractivity contribution in [3.63, 3.8) is 0 Å². The normalized spacial score (nSPS) is 10.4. The summed E-state index contributed by atoms with van der Waals surface area (Å²) < 4.78 is 1.79. The van der Waals surface area contributed by atoms with E-state index >= 15 is 0 Å². The zero-order valence-corrected chi connectivity index (χ0v) is 10.5. The van der Waals surface area contributed by atoms with E-state index in [9.17, 15) is 0 Å². The molecule has 0 radical (unpaired) electrons. The molecule has 88 valence electrons. The maximum absolute atomic E-state index is 5.53. The molecule has 4 nitrogen and oxygen atoms in total. The Balaban J connectivity index is 0.00000108. The van der Waals surface area contributed by atoms with Crippen LogP contribution >= 0.6 is 23.7 Å². The number of rotatable bonds is 2. The highest BCUT2D eigenvalue weighted by molar-refractivity contribution is 7.16. The fourth-order valence-electron chi connectivity index (χ4n) is 1.57. The minimum absolute atomic E-state index is 0. The molecule has 0 amide bonds. The van der Waals surface area contributed by atoms with E-state index in [2.05, 4.69) is 10.1 Å². The van der Waals surface area contributed by atoms with Crippen molar-refractivity contribution < 1.29 is 0 Å². The highest BCUT2D eigenvalue weighted by Crippen LogP contribution is 2.21. The van der Waals surface area contributed by atoms with E-state index in [4.69, 9.17) is 5.73 Å². The number of fused-ring (bicyclic) bond motifs is 1. The molecule has 0 atom stereocenters. The maximum atomic E-state index is 5.53. The van der Waals surface area contributed by atoms with Gasteiger partial charge in [0.15, 0.2) is 0 Å². The number of aromatic nitrogens is 3. The lowest BCUT2D eigenvalue weighted by atomic mass is 10.2. The van der Waals surface area contributed by atoms with Gasteiger partial charge < -0.3 is 5.73 Å². The van der Waals surface area contributed by atoms with Gasteiger partial charge in [0.2, 0.25) is 4.96 Å². The third-order valence-corrected chi connectivity index (χ3v) is 3.27. The van der Waals surface area contributed by atoms with Crippen molar-refractivity contribution in [2.45, 2.75) is 6.54 Å². The second kappa shape index (κ2) is 4.83. The van der Waals surface area contributed by atoms with Crippen LogP contribution in [0.3, 0.4) is 0 Å². The summed E-state index contributed by atoms with van der Waals surface area (Å²) in [6, 6.07) is 10.1. The Morgan fingerprint density at radius 3 is 2.65 bits per heavy atom. The largest absolute Gasteiger partial charge is 0.324 e. The van der Waals surface area contributed by atoms with Gasteiger partial charge in [-0.1, -0.05) is 41.7 Å². The topological polar surface area (TPSA) is 56.2 Å². The smallest absolute Gasteiger partial charge is 0.212 e. The van der Waals surface area contributed by atoms with Crippen LogP contribution in [0.2, 0.25) is 0 Å². The van der Waals surface area contributed by atoms with Gasteiger partial charge in [0.05, 0.1) is 11.9 Å². The van der Waals surface area contributed by atoms with Gasteiger partial charge in [-0.25, -0.2) is 9.50 Å². The summed E-state index contributed by atoms with van der Waals surface area (Å²) in [4.78, 5) is 5.40. The second-order valence-electron chi connectivity index (χ2n) is 3.42. The number of imidazole rings is 1. The Morgan fingerprint density at radius 2 is 2.00 bits per heavy atom. The first-order valence-corrected chi connectivity index (χ1v) is 5.79. The minimum Gasteiger partial charge on any atom is -0.324 e. The van der Waals surface area contributed by atoms with Gasteiger partial charge in [-0.2, -0.15) is 5.10 Å². The summed E-state index contributed by atoms with van der Waals surface area (Å²) >= 11 is 1.53. The highest BCUT2D eigenvalue weighted by Gasteiger charge is 2.07. The maximum Gasteiger partial charge on any atom is 0.212 e. The minimum atomic E-state index is 0. The monoisotopic (exact) mass is 266 g/mol. The van der Waals surface area contributed by atoms with Crippen molar-refractivity contribution in [3.8, 4) is 11.3 Å². The van der Waals surface area contributed by atoms with Crippen LogP contribution in [0.15, 0.2) is 36.5 Å². The number of hydrogen-bond donors (Lipinski definition) is 1. The molecule has 2 aromatic heterocycles. The molecule has 0 saturated carbocycles. The van der Waals surface area contributed by atoms with Crippen molar-refractivity contribution in [1.29, 1.82) is 0 Å². The van der Waals surface area contributed by atoms with Gasteiger partial charge in [0.1, 0.15) is 5.01 Å². The molecule has 0 unspecified atom stereocenters. The third kappa shape index (κ3) is 2.17. The molecule has 2 heterocycles. The predicted octanol–water partition coefficient (Wildman–Crippen LogP) is 2.34.